The monoisotopic (exact) mass is 487 g/mol. The van der Waals surface area contributed by atoms with Gasteiger partial charge in [-0.05, 0) is 53.2 Å². The lowest BCUT2D eigenvalue weighted by molar-refractivity contribution is -0.118. The molecule has 0 saturated carbocycles. The maximum absolute atomic E-state index is 12.6. The Morgan fingerprint density at radius 2 is 1.90 bits per heavy atom. The maximum Gasteiger partial charge on any atom is 0.342 e. The lowest BCUT2D eigenvalue weighted by atomic mass is 10.2. The summed E-state index contributed by atoms with van der Waals surface area (Å²) in [6.45, 7) is 2.41. The molecule has 1 amide bonds. The predicted octanol–water partition coefficient (Wildman–Crippen LogP) is 3.61. The van der Waals surface area contributed by atoms with Gasteiger partial charge >= 0.3 is 5.97 Å². The summed E-state index contributed by atoms with van der Waals surface area (Å²) in [7, 11) is 0. The summed E-state index contributed by atoms with van der Waals surface area (Å²) in [5.41, 5.74) is 0.858. The summed E-state index contributed by atoms with van der Waals surface area (Å²) < 4.78 is 13.4. The molecule has 9 nitrogen and oxygen atoms in total. The molecule has 0 bridgehead atoms. The van der Waals surface area contributed by atoms with E-state index in [4.69, 9.17) is 9.47 Å². The molecule has 0 atom stereocenters. The molecule has 0 fully saturated rings. The van der Waals surface area contributed by atoms with Crippen LogP contribution in [0.3, 0.4) is 0 Å². The zero-order valence-corrected chi connectivity index (χ0v) is 18.5. The summed E-state index contributed by atoms with van der Waals surface area (Å²) >= 11 is 3.34. The topological polar surface area (TPSA) is 108 Å². The molecule has 3 aromatic rings. The Morgan fingerprint density at radius 3 is 2.68 bits per heavy atom. The molecule has 0 aliphatic heterocycles. The fourth-order valence-electron chi connectivity index (χ4n) is 2.65. The van der Waals surface area contributed by atoms with E-state index in [0.717, 1.165) is 17.3 Å². The van der Waals surface area contributed by atoms with Crippen LogP contribution in [-0.2, 0) is 22.7 Å². The van der Waals surface area contributed by atoms with Gasteiger partial charge in [0.15, 0.2) is 19.0 Å². The van der Waals surface area contributed by atoms with E-state index in [1.54, 1.807) is 41.1 Å². The van der Waals surface area contributed by atoms with Gasteiger partial charge < -0.3 is 14.8 Å². The second kappa shape index (κ2) is 11.2. The highest BCUT2D eigenvalue weighted by Gasteiger charge is 2.16. The number of aryl methyl sites for hydroxylation is 1. The Labute approximate surface area is 187 Å². The van der Waals surface area contributed by atoms with Crippen LogP contribution in [0.4, 0.5) is 5.69 Å². The number of halogens is 1. The molecule has 1 N–H and O–H groups in total. The van der Waals surface area contributed by atoms with Gasteiger partial charge in [-0.3, -0.25) is 4.79 Å². The molecule has 0 radical (unpaired) electrons. The maximum atomic E-state index is 12.6. The van der Waals surface area contributed by atoms with Crippen LogP contribution < -0.4 is 10.1 Å². The van der Waals surface area contributed by atoms with Gasteiger partial charge in [0.25, 0.3) is 5.91 Å². The van der Waals surface area contributed by atoms with E-state index in [9.17, 15) is 9.59 Å². The van der Waals surface area contributed by atoms with Crippen molar-refractivity contribution in [3.05, 3.63) is 64.4 Å². The van der Waals surface area contributed by atoms with Gasteiger partial charge in [-0.15, -0.1) is 5.10 Å². The van der Waals surface area contributed by atoms with E-state index in [1.165, 1.54) is 0 Å². The highest BCUT2D eigenvalue weighted by Crippen LogP contribution is 2.20. The Bertz CT molecular complexity index is 1020. The molecule has 0 aliphatic carbocycles. The first-order chi connectivity index (χ1) is 15.1. The van der Waals surface area contributed by atoms with E-state index in [-0.39, 0.29) is 30.4 Å². The Kier molecular flexibility index (Phi) is 8.11. The number of benzene rings is 2. The number of unbranched alkanes of at least 4 members (excludes halogenated alkanes) is 1. The number of hydrogen-bond acceptors (Lipinski definition) is 7. The number of hydrogen-bond donors (Lipinski definition) is 1. The van der Waals surface area contributed by atoms with Crippen LogP contribution in [0.2, 0.25) is 0 Å². The molecule has 0 spiro atoms. The fraction of sp³-hybridized carbons (Fsp3) is 0.286. The molecule has 3 rings (SSSR count). The Balaban J connectivity index is 1.56. The van der Waals surface area contributed by atoms with E-state index in [2.05, 4.69) is 43.7 Å². The number of carbonyl (C=O) groups is 2. The van der Waals surface area contributed by atoms with Crippen molar-refractivity contribution in [2.45, 2.75) is 32.9 Å². The van der Waals surface area contributed by atoms with Crippen LogP contribution in [0.15, 0.2) is 53.0 Å². The van der Waals surface area contributed by atoms with Crippen molar-refractivity contribution in [1.82, 2.24) is 20.2 Å². The van der Waals surface area contributed by atoms with Crippen LogP contribution in [0.5, 0.6) is 5.75 Å². The first-order valence-corrected chi connectivity index (χ1v) is 10.6. The largest absolute Gasteiger partial charge is 0.483 e. The standard InChI is InChI=1S/C21H22BrN5O4/c1-2-3-12-27-19(24-25-26-27)13-31-21(29)17-6-4-5-7-18(17)30-14-20(28)23-16-10-8-15(22)9-11-16/h4-11H,2-3,12-14H2,1H3,(H,23,28). The summed E-state index contributed by atoms with van der Waals surface area (Å²) in [5, 5.41) is 14.2. The molecular weight excluding hydrogens is 466 g/mol. The molecule has 2 aromatic carbocycles. The third-order valence-electron chi connectivity index (χ3n) is 4.26. The fourth-order valence-corrected chi connectivity index (χ4v) is 2.92. The zero-order chi connectivity index (χ0) is 22.1. The SMILES string of the molecule is CCCCn1nnnc1COC(=O)c1ccccc1OCC(=O)Nc1ccc(Br)cc1. The minimum absolute atomic E-state index is 0.0616. The van der Waals surface area contributed by atoms with Gasteiger partial charge in [0, 0.05) is 16.7 Å². The lowest BCUT2D eigenvalue weighted by Gasteiger charge is -2.11. The highest BCUT2D eigenvalue weighted by atomic mass is 79.9. The molecule has 0 aliphatic rings. The molecule has 0 saturated heterocycles. The van der Waals surface area contributed by atoms with Crippen LogP contribution in [0.25, 0.3) is 0 Å². The van der Waals surface area contributed by atoms with Crippen molar-refractivity contribution in [3.8, 4) is 5.75 Å². The molecule has 1 heterocycles. The van der Waals surface area contributed by atoms with E-state index < -0.39 is 5.97 Å². The second-order valence-electron chi connectivity index (χ2n) is 6.59. The van der Waals surface area contributed by atoms with Crippen molar-refractivity contribution < 1.29 is 19.1 Å². The number of rotatable bonds is 10. The molecule has 0 unspecified atom stereocenters. The van der Waals surface area contributed by atoms with Crippen LogP contribution in [-0.4, -0.2) is 38.7 Å². The van der Waals surface area contributed by atoms with E-state index in [1.807, 2.05) is 12.1 Å². The number of carbonyl (C=O) groups excluding carboxylic acids is 2. The molecule has 10 heteroatoms. The van der Waals surface area contributed by atoms with Crippen molar-refractivity contribution >= 4 is 33.5 Å². The number of amides is 1. The number of aromatic nitrogens is 4. The van der Waals surface area contributed by atoms with Crippen molar-refractivity contribution in [2.75, 3.05) is 11.9 Å². The first kappa shape index (κ1) is 22.4. The van der Waals surface area contributed by atoms with E-state index >= 15 is 0 Å². The minimum atomic E-state index is -0.589. The number of anilines is 1. The predicted molar refractivity (Wildman–Crippen MR) is 117 cm³/mol. The zero-order valence-electron chi connectivity index (χ0n) is 17.0. The molecule has 31 heavy (non-hydrogen) atoms. The summed E-state index contributed by atoms with van der Waals surface area (Å²) in [5.74, 6) is -0.215. The van der Waals surface area contributed by atoms with Crippen LogP contribution in [0.1, 0.15) is 35.9 Å². The van der Waals surface area contributed by atoms with Gasteiger partial charge in [-0.25, -0.2) is 9.48 Å². The summed E-state index contributed by atoms with van der Waals surface area (Å²) in [4.78, 5) is 24.7. The molecule has 1 aromatic heterocycles. The normalized spacial score (nSPS) is 10.5. The lowest BCUT2D eigenvalue weighted by Crippen LogP contribution is -2.21. The first-order valence-electron chi connectivity index (χ1n) is 9.76. The molecular formula is C21H22BrN5O4. The second-order valence-corrected chi connectivity index (χ2v) is 7.50. The summed E-state index contributed by atoms with van der Waals surface area (Å²) in [6.07, 6.45) is 1.92. The van der Waals surface area contributed by atoms with E-state index in [0.29, 0.717) is 18.1 Å². The number of ether oxygens (including phenoxy) is 2. The van der Waals surface area contributed by atoms with Crippen molar-refractivity contribution in [1.29, 1.82) is 0 Å². The number of para-hydroxylation sites is 1. The summed E-state index contributed by atoms with van der Waals surface area (Å²) in [6, 6.07) is 13.8. The Hall–Kier alpha value is -3.27. The quantitative estimate of drug-likeness (QED) is 0.435. The number of nitrogens with one attached hydrogen (secondary N) is 1. The smallest absolute Gasteiger partial charge is 0.342 e. The van der Waals surface area contributed by atoms with Gasteiger partial charge in [0.2, 0.25) is 0 Å². The number of esters is 1. The van der Waals surface area contributed by atoms with Gasteiger partial charge in [0.1, 0.15) is 11.3 Å². The molecule has 162 valence electrons. The third-order valence-corrected chi connectivity index (χ3v) is 4.78. The van der Waals surface area contributed by atoms with Crippen LogP contribution >= 0.6 is 15.9 Å². The van der Waals surface area contributed by atoms with Gasteiger partial charge in [0.05, 0.1) is 0 Å². The average molecular weight is 488 g/mol. The van der Waals surface area contributed by atoms with Crippen LogP contribution in [0, 0.1) is 0 Å². The third kappa shape index (κ3) is 6.61. The number of nitrogens with zero attached hydrogens (tertiary/aromatic N) is 4. The van der Waals surface area contributed by atoms with Gasteiger partial charge in [-0.2, -0.15) is 0 Å². The van der Waals surface area contributed by atoms with Crippen molar-refractivity contribution in [3.63, 3.8) is 0 Å². The average Bonchev–Trinajstić information content (AvgIpc) is 3.23. The number of tetrazole rings is 1. The Morgan fingerprint density at radius 1 is 1.13 bits per heavy atom. The minimum Gasteiger partial charge on any atom is -0.483 e. The van der Waals surface area contributed by atoms with Gasteiger partial charge in [-0.1, -0.05) is 41.4 Å². The van der Waals surface area contributed by atoms with Crippen molar-refractivity contribution in [2.24, 2.45) is 0 Å². The highest BCUT2D eigenvalue weighted by molar-refractivity contribution is 9.10.